The zero-order valence-corrected chi connectivity index (χ0v) is 21.3. The van der Waals surface area contributed by atoms with E-state index in [-0.39, 0.29) is 17.9 Å². The van der Waals surface area contributed by atoms with Gasteiger partial charge >= 0.3 is 0 Å². The highest BCUT2D eigenvalue weighted by Crippen LogP contribution is 2.42. The molecule has 1 N–H and O–H groups in total. The fourth-order valence-electron chi connectivity index (χ4n) is 4.23. The summed E-state index contributed by atoms with van der Waals surface area (Å²) in [5, 5.41) is 11.3. The summed E-state index contributed by atoms with van der Waals surface area (Å²) in [5.41, 5.74) is 1.75. The molecule has 0 saturated carbocycles. The van der Waals surface area contributed by atoms with E-state index in [1.54, 1.807) is 60.9 Å². The Morgan fingerprint density at radius 2 is 1.76 bits per heavy atom. The molecule has 1 amide bonds. The molecular weight excluding hydrogens is 472 g/mol. The highest BCUT2D eigenvalue weighted by Gasteiger charge is 2.46. The quantitative estimate of drug-likeness (QED) is 0.256. The minimum Gasteiger partial charge on any atom is -0.507 e. The van der Waals surface area contributed by atoms with Crippen LogP contribution in [-0.2, 0) is 16.1 Å². The van der Waals surface area contributed by atoms with Crippen LogP contribution in [0.15, 0.2) is 72.6 Å². The number of carbonyl (C=O) groups is 2. The van der Waals surface area contributed by atoms with Crippen molar-refractivity contribution in [3.8, 4) is 17.2 Å². The number of ether oxygens (including phenoxy) is 3. The number of ketones is 1. The summed E-state index contributed by atoms with van der Waals surface area (Å²) in [4.78, 5) is 32.1. The van der Waals surface area contributed by atoms with Gasteiger partial charge in [0.25, 0.3) is 11.7 Å². The Hall–Kier alpha value is -4.33. The average Bonchev–Trinajstić information content (AvgIpc) is 3.16. The van der Waals surface area contributed by atoms with E-state index in [9.17, 15) is 14.7 Å². The molecule has 0 bridgehead atoms. The first-order valence-electron chi connectivity index (χ1n) is 12.0. The minimum atomic E-state index is -0.850. The summed E-state index contributed by atoms with van der Waals surface area (Å²) < 4.78 is 16.5. The molecule has 1 aromatic heterocycles. The van der Waals surface area contributed by atoms with E-state index in [1.165, 1.54) is 19.1 Å². The van der Waals surface area contributed by atoms with Crippen LogP contribution in [0.5, 0.6) is 17.2 Å². The van der Waals surface area contributed by atoms with Crippen LogP contribution in [0.4, 0.5) is 0 Å². The molecule has 0 radical (unpaired) electrons. The van der Waals surface area contributed by atoms with Gasteiger partial charge in [0.05, 0.1) is 32.4 Å². The van der Waals surface area contributed by atoms with Crippen LogP contribution in [0.3, 0.4) is 0 Å². The first-order chi connectivity index (χ1) is 17.8. The fourth-order valence-corrected chi connectivity index (χ4v) is 4.23. The van der Waals surface area contributed by atoms with Crippen LogP contribution in [0, 0.1) is 5.92 Å². The highest BCUT2D eigenvalue weighted by atomic mass is 16.5. The first kappa shape index (κ1) is 25.8. The topological polar surface area (TPSA) is 98.2 Å². The van der Waals surface area contributed by atoms with Gasteiger partial charge in [-0.15, -0.1) is 0 Å². The van der Waals surface area contributed by atoms with Gasteiger partial charge in [0.2, 0.25) is 0 Å². The molecule has 1 aliphatic rings. The number of methoxy groups -OCH3 is 2. The summed E-state index contributed by atoms with van der Waals surface area (Å²) in [5.74, 6) is 0.237. The maximum atomic E-state index is 13.3. The molecule has 0 spiro atoms. The van der Waals surface area contributed by atoms with Crippen molar-refractivity contribution in [1.29, 1.82) is 0 Å². The van der Waals surface area contributed by atoms with Gasteiger partial charge in [-0.3, -0.25) is 14.6 Å². The van der Waals surface area contributed by atoms with E-state index in [4.69, 9.17) is 14.2 Å². The second-order valence-electron chi connectivity index (χ2n) is 9.13. The van der Waals surface area contributed by atoms with E-state index < -0.39 is 17.7 Å². The molecule has 3 aromatic rings. The molecular formula is C29H30N2O6. The van der Waals surface area contributed by atoms with Crippen LogP contribution >= 0.6 is 0 Å². The Morgan fingerprint density at radius 1 is 1.03 bits per heavy atom. The molecule has 8 heteroatoms. The smallest absolute Gasteiger partial charge is 0.295 e. The lowest BCUT2D eigenvalue weighted by Crippen LogP contribution is -2.29. The SMILES string of the molecule is COc1ccc([C@H]2/C(=C(\O)c3ccc(OCC(C)C)cc3)C(=O)C(=O)N2Cc2cccnc2)cc1OC. The first-order valence-corrected chi connectivity index (χ1v) is 12.0. The second-order valence-corrected chi connectivity index (χ2v) is 9.13. The standard InChI is InChI=1S/C29H30N2O6/c1-18(2)17-37-22-10-7-20(8-11-22)27(32)25-26(21-9-12-23(35-3)24(14-21)36-4)31(29(34)28(25)33)16-19-6-5-13-30-15-19/h5-15,18,26,32H,16-17H2,1-4H3/b27-25+/t26-/m0/s1. The molecule has 1 fully saturated rings. The number of aliphatic hydroxyl groups is 1. The summed E-state index contributed by atoms with van der Waals surface area (Å²) in [6.45, 7) is 4.80. The van der Waals surface area contributed by atoms with E-state index in [0.717, 1.165) is 5.56 Å². The third-order valence-electron chi connectivity index (χ3n) is 6.05. The second kappa shape index (κ2) is 11.2. The molecule has 4 rings (SSSR count). The lowest BCUT2D eigenvalue weighted by Gasteiger charge is -2.26. The number of Topliss-reactive ketones (excluding diaryl/α,β-unsaturated/α-hetero) is 1. The number of rotatable bonds is 9. The van der Waals surface area contributed by atoms with E-state index in [1.807, 2.05) is 6.07 Å². The number of nitrogens with zero attached hydrogens (tertiary/aromatic N) is 2. The Labute approximate surface area is 216 Å². The summed E-state index contributed by atoms with van der Waals surface area (Å²) in [7, 11) is 3.04. The van der Waals surface area contributed by atoms with Crippen LogP contribution < -0.4 is 14.2 Å². The van der Waals surface area contributed by atoms with Crippen molar-refractivity contribution in [3.05, 3.63) is 89.3 Å². The average molecular weight is 503 g/mol. The number of amides is 1. The summed E-state index contributed by atoms with van der Waals surface area (Å²) in [6, 6.07) is 14.7. The van der Waals surface area contributed by atoms with Crippen LogP contribution in [0.2, 0.25) is 0 Å². The Kier molecular flexibility index (Phi) is 7.77. The molecule has 0 unspecified atom stereocenters. The van der Waals surface area contributed by atoms with Crippen molar-refractivity contribution in [2.45, 2.75) is 26.4 Å². The fraction of sp³-hybridized carbons (Fsp3) is 0.276. The van der Waals surface area contributed by atoms with Gasteiger partial charge in [-0.05, 0) is 59.5 Å². The molecule has 2 aromatic carbocycles. The van der Waals surface area contributed by atoms with E-state index >= 15 is 0 Å². The van der Waals surface area contributed by atoms with Crippen LogP contribution in [-0.4, -0.2) is 47.5 Å². The number of pyridine rings is 1. The number of aliphatic hydroxyl groups excluding tert-OH is 1. The van der Waals surface area contributed by atoms with E-state index in [0.29, 0.717) is 40.9 Å². The van der Waals surface area contributed by atoms with E-state index in [2.05, 4.69) is 18.8 Å². The zero-order chi connectivity index (χ0) is 26.5. The molecule has 37 heavy (non-hydrogen) atoms. The Balaban J connectivity index is 1.80. The summed E-state index contributed by atoms with van der Waals surface area (Å²) in [6.07, 6.45) is 3.28. The number of hydrogen-bond acceptors (Lipinski definition) is 7. The van der Waals surface area contributed by atoms with Gasteiger partial charge in [0.15, 0.2) is 11.5 Å². The van der Waals surface area contributed by atoms with Crippen molar-refractivity contribution in [3.63, 3.8) is 0 Å². The summed E-state index contributed by atoms with van der Waals surface area (Å²) >= 11 is 0. The Morgan fingerprint density at radius 3 is 2.38 bits per heavy atom. The maximum absolute atomic E-state index is 13.3. The number of aromatic nitrogens is 1. The molecule has 1 saturated heterocycles. The number of hydrogen-bond donors (Lipinski definition) is 1. The molecule has 0 aliphatic carbocycles. The maximum Gasteiger partial charge on any atom is 0.295 e. The molecule has 1 aliphatic heterocycles. The predicted molar refractivity (Wildman–Crippen MR) is 138 cm³/mol. The van der Waals surface area contributed by atoms with Gasteiger partial charge in [-0.25, -0.2) is 0 Å². The van der Waals surface area contributed by atoms with Gasteiger partial charge in [0.1, 0.15) is 11.5 Å². The monoisotopic (exact) mass is 502 g/mol. The van der Waals surface area contributed by atoms with Gasteiger partial charge in [-0.1, -0.05) is 26.0 Å². The molecule has 2 heterocycles. The van der Waals surface area contributed by atoms with Gasteiger partial charge < -0.3 is 24.2 Å². The zero-order valence-electron chi connectivity index (χ0n) is 21.3. The normalized spacial score (nSPS) is 16.8. The van der Waals surface area contributed by atoms with Gasteiger partial charge in [0, 0.05) is 24.5 Å². The lowest BCUT2D eigenvalue weighted by atomic mass is 9.94. The molecule has 192 valence electrons. The van der Waals surface area contributed by atoms with Crippen molar-refractivity contribution in [1.82, 2.24) is 9.88 Å². The van der Waals surface area contributed by atoms with Crippen LogP contribution in [0.1, 0.15) is 36.6 Å². The highest BCUT2D eigenvalue weighted by molar-refractivity contribution is 6.46. The third kappa shape index (κ3) is 5.43. The van der Waals surface area contributed by atoms with Crippen molar-refractivity contribution < 1.29 is 28.9 Å². The van der Waals surface area contributed by atoms with Crippen molar-refractivity contribution in [2.24, 2.45) is 5.92 Å². The van der Waals surface area contributed by atoms with Crippen LogP contribution in [0.25, 0.3) is 5.76 Å². The molecule has 1 atom stereocenters. The third-order valence-corrected chi connectivity index (χ3v) is 6.05. The van der Waals surface area contributed by atoms with Crippen molar-refractivity contribution >= 4 is 17.4 Å². The largest absolute Gasteiger partial charge is 0.507 e. The number of likely N-dealkylation sites (tertiary alicyclic amines) is 1. The minimum absolute atomic E-state index is 0.00282. The van der Waals surface area contributed by atoms with Crippen molar-refractivity contribution in [2.75, 3.05) is 20.8 Å². The Bertz CT molecular complexity index is 1300. The predicted octanol–water partition coefficient (Wildman–Crippen LogP) is 4.76. The van der Waals surface area contributed by atoms with Gasteiger partial charge in [-0.2, -0.15) is 0 Å². The molecule has 8 nitrogen and oxygen atoms in total. The number of carbonyl (C=O) groups excluding carboxylic acids is 2. The lowest BCUT2D eigenvalue weighted by molar-refractivity contribution is -0.140. The number of benzene rings is 2.